The Labute approximate surface area is 92.7 Å². The summed E-state index contributed by atoms with van der Waals surface area (Å²) in [6.07, 6.45) is 3.27. The van der Waals surface area contributed by atoms with Gasteiger partial charge in [0.05, 0.1) is 0 Å². The van der Waals surface area contributed by atoms with Crippen molar-refractivity contribution in [2.24, 2.45) is 0 Å². The first-order valence-electron chi connectivity index (χ1n) is 4.48. The van der Waals surface area contributed by atoms with Gasteiger partial charge in [0.2, 0.25) is 0 Å². The molecule has 0 aliphatic heterocycles. The molecule has 0 amide bonds. The van der Waals surface area contributed by atoms with E-state index >= 15 is 0 Å². The first kappa shape index (κ1) is 9.93. The van der Waals surface area contributed by atoms with E-state index in [9.17, 15) is 0 Å². The summed E-state index contributed by atoms with van der Waals surface area (Å²) in [6.45, 7) is 0. The van der Waals surface area contributed by atoms with Gasteiger partial charge >= 0.3 is 6.01 Å². The van der Waals surface area contributed by atoms with Crippen molar-refractivity contribution in [2.75, 3.05) is 0 Å². The molecule has 0 aliphatic rings. The van der Waals surface area contributed by atoms with Gasteiger partial charge in [-0.25, -0.2) is 9.97 Å². The third-order valence-electron chi connectivity index (χ3n) is 1.80. The second-order valence-corrected chi connectivity index (χ2v) is 3.18. The highest BCUT2D eigenvalue weighted by Gasteiger charge is 1.99. The van der Waals surface area contributed by atoms with Gasteiger partial charge in [0.15, 0.2) is 0 Å². The number of benzene rings is 1. The molecule has 76 valence electrons. The minimum atomic E-state index is 0.337. The molecule has 1 heterocycles. The maximum absolute atomic E-state index is 5.72. The molecule has 1 aromatic carbocycles. The van der Waals surface area contributed by atoms with Gasteiger partial charge in [-0.15, -0.1) is 11.6 Å². The normalized spacial score (nSPS) is 9.93. The smallest absolute Gasteiger partial charge is 0.321 e. The van der Waals surface area contributed by atoms with Crippen molar-refractivity contribution in [3.63, 3.8) is 0 Å². The molecule has 0 N–H and O–H groups in total. The molecule has 0 bridgehead atoms. The number of aromatic nitrogens is 2. The minimum Gasteiger partial charge on any atom is -0.424 e. The molecule has 0 aliphatic carbocycles. The first-order chi connectivity index (χ1) is 7.38. The van der Waals surface area contributed by atoms with Crippen LogP contribution in [0.15, 0.2) is 42.7 Å². The SMILES string of the molecule is ClCc1cccc(Oc2ncccn2)c1. The van der Waals surface area contributed by atoms with Crippen molar-refractivity contribution < 1.29 is 4.74 Å². The van der Waals surface area contributed by atoms with Gasteiger partial charge in [-0.05, 0) is 23.8 Å². The van der Waals surface area contributed by atoms with Crippen LogP contribution in [0.3, 0.4) is 0 Å². The van der Waals surface area contributed by atoms with E-state index in [2.05, 4.69) is 9.97 Å². The average Bonchev–Trinajstić information content (AvgIpc) is 2.31. The van der Waals surface area contributed by atoms with Crippen LogP contribution in [0.5, 0.6) is 11.8 Å². The summed E-state index contributed by atoms with van der Waals surface area (Å²) in [5, 5.41) is 0. The van der Waals surface area contributed by atoms with Gasteiger partial charge in [0.25, 0.3) is 0 Å². The lowest BCUT2D eigenvalue weighted by molar-refractivity contribution is 0.441. The van der Waals surface area contributed by atoms with Gasteiger partial charge in [-0.2, -0.15) is 0 Å². The Morgan fingerprint density at radius 2 is 1.93 bits per heavy atom. The lowest BCUT2D eigenvalue weighted by Gasteiger charge is -2.03. The molecule has 15 heavy (non-hydrogen) atoms. The Balaban J connectivity index is 2.17. The van der Waals surface area contributed by atoms with Crippen molar-refractivity contribution in [2.45, 2.75) is 5.88 Å². The second kappa shape index (κ2) is 4.75. The number of halogens is 1. The summed E-state index contributed by atoms with van der Waals surface area (Å²) in [5.74, 6) is 1.16. The van der Waals surface area contributed by atoms with Crippen LogP contribution in [0.1, 0.15) is 5.56 Å². The van der Waals surface area contributed by atoms with Gasteiger partial charge < -0.3 is 4.74 Å². The van der Waals surface area contributed by atoms with E-state index in [0.29, 0.717) is 17.6 Å². The molecule has 0 saturated heterocycles. The van der Waals surface area contributed by atoms with E-state index < -0.39 is 0 Å². The lowest BCUT2D eigenvalue weighted by Crippen LogP contribution is -1.90. The Kier molecular flexibility index (Phi) is 3.15. The number of alkyl halides is 1. The topological polar surface area (TPSA) is 35.0 Å². The van der Waals surface area contributed by atoms with Crippen LogP contribution in [0.2, 0.25) is 0 Å². The highest BCUT2D eigenvalue weighted by molar-refractivity contribution is 6.17. The number of hydrogen-bond donors (Lipinski definition) is 0. The van der Waals surface area contributed by atoms with Crippen LogP contribution in [0.25, 0.3) is 0 Å². The molecule has 2 aromatic rings. The molecule has 0 spiro atoms. The fraction of sp³-hybridized carbons (Fsp3) is 0.0909. The van der Waals surface area contributed by atoms with E-state index in [4.69, 9.17) is 16.3 Å². The summed E-state index contributed by atoms with van der Waals surface area (Å²) >= 11 is 5.72. The molecular formula is C11H9ClN2O. The second-order valence-electron chi connectivity index (χ2n) is 2.91. The molecule has 0 atom stereocenters. The molecular weight excluding hydrogens is 212 g/mol. The zero-order valence-corrected chi connectivity index (χ0v) is 8.69. The standard InChI is InChI=1S/C11H9ClN2O/c12-8-9-3-1-4-10(7-9)15-11-13-5-2-6-14-11/h1-7H,8H2. The van der Waals surface area contributed by atoms with E-state index in [1.165, 1.54) is 0 Å². The minimum absolute atomic E-state index is 0.337. The average molecular weight is 221 g/mol. The Morgan fingerprint density at radius 3 is 2.67 bits per heavy atom. The lowest BCUT2D eigenvalue weighted by atomic mass is 10.2. The maximum atomic E-state index is 5.72. The highest BCUT2D eigenvalue weighted by Crippen LogP contribution is 2.19. The summed E-state index contributed by atoms with van der Waals surface area (Å²) in [6, 6.07) is 9.60. The molecule has 0 unspecified atom stereocenters. The van der Waals surface area contributed by atoms with Crippen molar-refractivity contribution >= 4 is 11.6 Å². The zero-order valence-electron chi connectivity index (χ0n) is 7.93. The molecule has 0 saturated carbocycles. The molecule has 4 heteroatoms. The molecule has 1 aromatic heterocycles. The van der Waals surface area contributed by atoms with Crippen molar-refractivity contribution in [3.05, 3.63) is 48.3 Å². The third-order valence-corrected chi connectivity index (χ3v) is 2.11. The molecule has 2 rings (SSSR count). The zero-order chi connectivity index (χ0) is 10.5. The van der Waals surface area contributed by atoms with Crippen LogP contribution in [-0.4, -0.2) is 9.97 Å². The predicted molar refractivity (Wildman–Crippen MR) is 58.1 cm³/mol. The van der Waals surface area contributed by atoms with E-state index in [-0.39, 0.29) is 0 Å². The summed E-state index contributed by atoms with van der Waals surface area (Å²) in [7, 11) is 0. The van der Waals surface area contributed by atoms with E-state index in [1.54, 1.807) is 18.5 Å². The Hall–Kier alpha value is -1.61. The highest BCUT2D eigenvalue weighted by atomic mass is 35.5. The Morgan fingerprint density at radius 1 is 1.13 bits per heavy atom. The fourth-order valence-corrected chi connectivity index (χ4v) is 1.30. The van der Waals surface area contributed by atoms with Crippen LogP contribution >= 0.6 is 11.6 Å². The van der Waals surface area contributed by atoms with E-state index in [0.717, 1.165) is 5.56 Å². The molecule has 0 fully saturated rings. The third kappa shape index (κ3) is 2.67. The van der Waals surface area contributed by atoms with Gasteiger partial charge in [-0.1, -0.05) is 12.1 Å². The Bertz CT molecular complexity index is 434. The number of rotatable bonds is 3. The number of nitrogens with zero attached hydrogens (tertiary/aromatic N) is 2. The molecule has 0 radical (unpaired) electrons. The van der Waals surface area contributed by atoms with E-state index in [1.807, 2.05) is 24.3 Å². The van der Waals surface area contributed by atoms with Crippen molar-refractivity contribution in [3.8, 4) is 11.8 Å². The summed E-state index contributed by atoms with van der Waals surface area (Å²) < 4.78 is 5.44. The van der Waals surface area contributed by atoms with Crippen LogP contribution < -0.4 is 4.74 Å². The van der Waals surface area contributed by atoms with Crippen LogP contribution in [-0.2, 0) is 5.88 Å². The largest absolute Gasteiger partial charge is 0.424 e. The summed E-state index contributed by atoms with van der Waals surface area (Å²) in [5.41, 5.74) is 1.00. The van der Waals surface area contributed by atoms with Gasteiger partial charge in [-0.3, -0.25) is 0 Å². The van der Waals surface area contributed by atoms with Crippen molar-refractivity contribution in [1.82, 2.24) is 9.97 Å². The van der Waals surface area contributed by atoms with Crippen LogP contribution in [0.4, 0.5) is 0 Å². The monoisotopic (exact) mass is 220 g/mol. The maximum Gasteiger partial charge on any atom is 0.321 e. The number of hydrogen-bond acceptors (Lipinski definition) is 3. The molecule has 3 nitrogen and oxygen atoms in total. The van der Waals surface area contributed by atoms with Crippen LogP contribution in [0, 0.1) is 0 Å². The number of ether oxygens (including phenoxy) is 1. The van der Waals surface area contributed by atoms with Gasteiger partial charge in [0.1, 0.15) is 5.75 Å². The summed E-state index contributed by atoms with van der Waals surface area (Å²) in [4.78, 5) is 7.93. The van der Waals surface area contributed by atoms with Crippen molar-refractivity contribution in [1.29, 1.82) is 0 Å². The predicted octanol–water partition coefficient (Wildman–Crippen LogP) is 3.01. The van der Waals surface area contributed by atoms with Gasteiger partial charge in [0, 0.05) is 18.3 Å². The fourth-order valence-electron chi connectivity index (χ4n) is 1.14. The first-order valence-corrected chi connectivity index (χ1v) is 5.02. The quantitative estimate of drug-likeness (QED) is 0.746.